The van der Waals surface area contributed by atoms with Crippen molar-refractivity contribution in [2.75, 3.05) is 0 Å². The lowest BCUT2D eigenvalue weighted by Crippen LogP contribution is -2.45. The molecule has 4 nitrogen and oxygen atoms in total. The highest BCUT2D eigenvalue weighted by molar-refractivity contribution is 5.85. The number of carbonyl (C=O) groups is 2. The van der Waals surface area contributed by atoms with Crippen LogP contribution in [0.5, 0.6) is 0 Å². The van der Waals surface area contributed by atoms with Crippen LogP contribution in [0.25, 0.3) is 0 Å². The lowest BCUT2D eigenvalue weighted by atomic mass is 9.76. The van der Waals surface area contributed by atoms with Crippen LogP contribution in [0.4, 0.5) is 0 Å². The first kappa shape index (κ1) is 9.45. The van der Waals surface area contributed by atoms with Crippen molar-refractivity contribution in [2.24, 2.45) is 17.7 Å². The van der Waals surface area contributed by atoms with Crippen molar-refractivity contribution in [1.82, 2.24) is 5.32 Å². The summed E-state index contributed by atoms with van der Waals surface area (Å²) in [5, 5.41) is 11.8. The molecule has 0 aliphatic heterocycles. The number of carboxylic acids is 1. The Morgan fingerprint density at radius 2 is 1.91 bits per heavy atom. The van der Waals surface area contributed by atoms with Gasteiger partial charge in [0.15, 0.2) is 0 Å². The molecular formula is C19H27NO3. The standard InChI is InChI=1S/C19H27NO3/c1-13(2)15-8-10-16(11-9-15)18(21)20-17(19(22)23)12-14-6-4-3-5-7-14/h3-7,13,15-17H,8-12H2,1-2H3,(H,20,21)(H,22,23)/t15-,16-,17?/i1D3,2D3,13D,17D. The molecule has 2 N–H and O–H groups in total. The van der Waals surface area contributed by atoms with Gasteiger partial charge < -0.3 is 10.4 Å². The minimum absolute atomic E-state index is 0.0368. The van der Waals surface area contributed by atoms with Gasteiger partial charge >= 0.3 is 5.97 Å². The molecule has 1 amide bonds. The molecule has 2 rings (SSSR count). The summed E-state index contributed by atoms with van der Waals surface area (Å²) in [6.45, 7) is -6.04. The van der Waals surface area contributed by atoms with Gasteiger partial charge in [0.1, 0.15) is 6.02 Å². The first-order valence-corrected chi connectivity index (χ1v) is 7.71. The van der Waals surface area contributed by atoms with Gasteiger partial charge in [0.05, 0.1) is 1.37 Å². The molecule has 4 heteroatoms. The Bertz CT molecular complexity index is 774. The number of rotatable bonds is 6. The highest BCUT2D eigenvalue weighted by Crippen LogP contribution is 2.33. The smallest absolute Gasteiger partial charge is 0.326 e. The van der Waals surface area contributed by atoms with Crippen LogP contribution in [0.3, 0.4) is 0 Å². The topological polar surface area (TPSA) is 66.4 Å². The average Bonchev–Trinajstić information content (AvgIpc) is 2.66. The van der Waals surface area contributed by atoms with Crippen molar-refractivity contribution >= 4 is 11.9 Å². The van der Waals surface area contributed by atoms with Gasteiger partial charge in [-0.25, -0.2) is 4.79 Å². The summed E-state index contributed by atoms with van der Waals surface area (Å²) in [5.41, 5.74) is 0.568. The van der Waals surface area contributed by atoms with Crippen LogP contribution in [-0.2, 0) is 16.0 Å². The van der Waals surface area contributed by atoms with Crippen LogP contribution in [0.1, 0.15) is 55.9 Å². The van der Waals surface area contributed by atoms with E-state index < -0.39 is 49.3 Å². The summed E-state index contributed by atoms with van der Waals surface area (Å²) in [6, 6.07) is 6.18. The number of hydrogen-bond acceptors (Lipinski definition) is 2. The molecule has 126 valence electrons. The van der Waals surface area contributed by atoms with E-state index in [-0.39, 0.29) is 32.1 Å². The fourth-order valence-electron chi connectivity index (χ4n) is 2.87. The van der Waals surface area contributed by atoms with Crippen LogP contribution in [0.2, 0.25) is 0 Å². The number of amides is 1. The Hall–Kier alpha value is -1.84. The molecule has 1 fully saturated rings. The summed E-state index contributed by atoms with van der Waals surface area (Å²) < 4.78 is 62.1. The van der Waals surface area contributed by atoms with E-state index in [1.807, 2.05) is 0 Å². The second-order valence-corrected chi connectivity index (χ2v) is 5.90. The Balaban J connectivity index is 2.09. The molecule has 1 unspecified atom stereocenters. The quantitative estimate of drug-likeness (QED) is 0.843. The van der Waals surface area contributed by atoms with Gasteiger partial charge in [-0.3, -0.25) is 4.79 Å². The van der Waals surface area contributed by atoms with Crippen molar-refractivity contribution in [3.05, 3.63) is 35.9 Å². The molecule has 1 atom stereocenters. The molecule has 1 aliphatic carbocycles. The predicted octanol–water partition coefficient (Wildman–Crippen LogP) is 3.26. The van der Waals surface area contributed by atoms with E-state index in [1.165, 1.54) is 0 Å². The minimum atomic E-state index is -3.02. The third kappa shape index (κ3) is 5.08. The van der Waals surface area contributed by atoms with Gasteiger partial charge in [0.2, 0.25) is 5.91 Å². The number of aliphatic carboxylic acids is 1. The molecule has 0 saturated heterocycles. The predicted molar refractivity (Wildman–Crippen MR) is 90.0 cm³/mol. The highest BCUT2D eigenvalue weighted by atomic mass is 16.4. The Morgan fingerprint density at radius 1 is 1.26 bits per heavy atom. The normalized spacial score (nSPS) is 30.6. The maximum atomic E-state index is 12.7. The first-order chi connectivity index (χ1) is 14.1. The molecule has 0 heterocycles. The lowest BCUT2D eigenvalue weighted by Gasteiger charge is -2.30. The summed E-state index contributed by atoms with van der Waals surface area (Å²) in [5.74, 6) is -6.44. The van der Waals surface area contributed by atoms with Gasteiger partial charge in [-0.15, -0.1) is 0 Å². The summed E-state index contributed by atoms with van der Waals surface area (Å²) in [4.78, 5) is 24.4. The molecule has 1 aromatic rings. The zero-order valence-electron chi connectivity index (χ0n) is 20.8. The van der Waals surface area contributed by atoms with E-state index in [4.69, 9.17) is 11.0 Å². The van der Waals surface area contributed by atoms with Crippen LogP contribution in [0.15, 0.2) is 30.3 Å². The van der Waals surface area contributed by atoms with E-state index in [1.54, 1.807) is 30.3 Å². The highest BCUT2D eigenvalue weighted by Gasteiger charge is 2.30. The molecule has 0 radical (unpaired) electrons. The third-order valence-corrected chi connectivity index (χ3v) is 4.26. The molecule has 0 bridgehead atoms. The van der Waals surface area contributed by atoms with Crippen LogP contribution in [-0.4, -0.2) is 23.0 Å². The number of benzene rings is 1. The van der Waals surface area contributed by atoms with Crippen molar-refractivity contribution in [3.8, 4) is 0 Å². The van der Waals surface area contributed by atoms with Gasteiger partial charge in [0, 0.05) is 21.9 Å². The number of carboxylic acid groups (broad SMARTS) is 1. The maximum absolute atomic E-state index is 12.7. The molecule has 1 saturated carbocycles. The lowest BCUT2D eigenvalue weighted by molar-refractivity contribution is -0.142. The van der Waals surface area contributed by atoms with Crippen molar-refractivity contribution < 1.29 is 25.7 Å². The largest absolute Gasteiger partial charge is 0.480 e. The van der Waals surface area contributed by atoms with Crippen molar-refractivity contribution in [2.45, 2.75) is 51.8 Å². The van der Waals surface area contributed by atoms with Gasteiger partial charge in [0.25, 0.3) is 0 Å². The number of carbonyl (C=O) groups excluding carboxylic acids is 1. The van der Waals surface area contributed by atoms with Gasteiger partial charge in [-0.1, -0.05) is 44.0 Å². The van der Waals surface area contributed by atoms with E-state index in [9.17, 15) is 14.7 Å². The monoisotopic (exact) mass is 325 g/mol. The minimum Gasteiger partial charge on any atom is -0.480 e. The zero-order valence-corrected chi connectivity index (χ0v) is 12.8. The fraction of sp³-hybridized carbons (Fsp3) is 0.579. The Morgan fingerprint density at radius 3 is 2.48 bits per heavy atom. The first-order valence-electron chi connectivity index (χ1n) is 11.7. The van der Waals surface area contributed by atoms with E-state index in [0.29, 0.717) is 5.56 Å². The second kappa shape index (κ2) is 8.14. The Labute approximate surface area is 149 Å². The molecule has 1 aliphatic rings. The van der Waals surface area contributed by atoms with Gasteiger partial charge in [-0.05, 0) is 43.1 Å². The number of nitrogens with one attached hydrogen (secondary N) is 1. The second-order valence-electron chi connectivity index (χ2n) is 5.90. The van der Waals surface area contributed by atoms with Gasteiger partial charge in [-0.2, -0.15) is 0 Å². The van der Waals surface area contributed by atoms with Crippen molar-refractivity contribution in [3.63, 3.8) is 0 Å². The van der Waals surface area contributed by atoms with Crippen molar-refractivity contribution in [1.29, 1.82) is 0 Å². The average molecular weight is 325 g/mol. The summed E-state index contributed by atoms with van der Waals surface area (Å²) in [6.07, 6.45) is 0.0666. The fourth-order valence-corrected chi connectivity index (χ4v) is 2.87. The Kier molecular flexibility index (Phi) is 3.34. The summed E-state index contributed by atoms with van der Waals surface area (Å²) in [7, 11) is 0. The van der Waals surface area contributed by atoms with Crippen LogP contribution < -0.4 is 5.32 Å². The third-order valence-electron chi connectivity index (χ3n) is 4.26. The summed E-state index contributed by atoms with van der Waals surface area (Å²) >= 11 is 0. The van der Waals surface area contributed by atoms with Crippen LogP contribution in [0, 0.1) is 17.7 Å². The zero-order chi connectivity index (χ0) is 23.7. The molecular weight excluding hydrogens is 290 g/mol. The van der Waals surface area contributed by atoms with E-state index in [0.717, 1.165) is 0 Å². The SMILES string of the molecule is [2H]C(Cc1ccccc1)(NC(=O)[C@H]1CC[C@H](C([2H])(C([2H])([2H])[2H])C([2H])([2H])[2H])CC1)C(=O)O. The molecule has 0 aromatic heterocycles. The van der Waals surface area contributed by atoms with E-state index >= 15 is 0 Å². The molecule has 1 aromatic carbocycles. The maximum Gasteiger partial charge on any atom is 0.326 e. The molecule has 23 heavy (non-hydrogen) atoms. The number of hydrogen-bond donors (Lipinski definition) is 2. The van der Waals surface area contributed by atoms with Crippen LogP contribution >= 0.6 is 0 Å². The van der Waals surface area contributed by atoms with E-state index in [2.05, 4.69) is 5.32 Å². The molecule has 0 spiro atoms.